The molecule has 0 aliphatic rings. The predicted octanol–water partition coefficient (Wildman–Crippen LogP) is 3.27. The molecule has 1 atom stereocenters. The largest absolute Gasteiger partial charge is 0.479 e. The Morgan fingerprint density at radius 2 is 2.03 bits per heavy atom. The smallest absolute Gasteiger partial charge is 0.344 e. The van der Waals surface area contributed by atoms with Gasteiger partial charge in [0.05, 0.1) is 17.1 Å². The number of anilines is 1. The summed E-state index contributed by atoms with van der Waals surface area (Å²) in [4.78, 5) is 30.4. The van der Waals surface area contributed by atoms with Crippen molar-refractivity contribution in [3.63, 3.8) is 0 Å². The lowest BCUT2D eigenvalue weighted by molar-refractivity contribution is -0.144. The van der Waals surface area contributed by atoms with Gasteiger partial charge in [-0.05, 0) is 44.2 Å². The number of nitrogens with zero attached hydrogens (tertiary/aromatic N) is 4. The number of rotatable bonds is 6. The molecule has 1 aromatic heterocycles. The van der Waals surface area contributed by atoms with Gasteiger partial charge in [-0.1, -0.05) is 15.9 Å². The molecule has 0 aliphatic carbocycles. The van der Waals surface area contributed by atoms with Gasteiger partial charge in [0.15, 0.2) is 6.10 Å². The Balaban J connectivity index is 2.07. The summed E-state index contributed by atoms with van der Waals surface area (Å²) in [6.45, 7) is 3.14. The van der Waals surface area contributed by atoms with Crippen molar-refractivity contribution in [1.82, 2.24) is 9.66 Å². The maximum Gasteiger partial charge on any atom is 0.344 e. The van der Waals surface area contributed by atoms with Crippen LogP contribution in [0.5, 0.6) is 5.75 Å². The van der Waals surface area contributed by atoms with E-state index in [2.05, 4.69) is 26.0 Å². The van der Waals surface area contributed by atoms with Crippen LogP contribution < -0.4 is 15.2 Å². The van der Waals surface area contributed by atoms with Gasteiger partial charge in [-0.25, -0.2) is 9.78 Å². The van der Waals surface area contributed by atoms with E-state index in [4.69, 9.17) is 4.74 Å². The van der Waals surface area contributed by atoms with Crippen molar-refractivity contribution in [1.29, 1.82) is 0 Å². The van der Waals surface area contributed by atoms with Gasteiger partial charge >= 0.3 is 5.97 Å². The number of halogens is 1. The van der Waals surface area contributed by atoms with E-state index in [1.807, 2.05) is 31.1 Å². The molecule has 2 aromatic carbocycles. The predicted molar refractivity (Wildman–Crippen MR) is 120 cm³/mol. The Labute approximate surface area is 181 Å². The highest BCUT2D eigenvalue weighted by Crippen LogP contribution is 2.25. The number of ether oxygens (including phenoxy) is 1. The van der Waals surface area contributed by atoms with Crippen LogP contribution in [0.1, 0.15) is 18.3 Å². The van der Waals surface area contributed by atoms with Crippen LogP contribution in [-0.2, 0) is 4.79 Å². The molecule has 0 saturated heterocycles. The average molecular weight is 473 g/mol. The summed E-state index contributed by atoms with van der Waals surface area (Å²) in [6, 6.07) is 10.6. The van der Waals surface area contributed by atoms with Crippen LogP contribution in [0.15, 0.2) is 50.8 Å². The zero-order valence-electron chi connectivity index (χ0n) is 17.0. The van der Waals surface area contributed by atoms with Crippen LogP contribution >= 0.6 is 15.9 Å². The maximum atomic E-state index is 12.9. The molecule has 1 N–H and O–H groups in total. The third kappa shape index (κ3) is 4.51. The molecule has 30 heavy (non-hydrogen) atoms. The van der Waals surface area contributed by atoms with E-state index >= 15 is 0 Å². The molecule has 3 rings (SSSR count). The normalized spacial score (nSPS) is 12.3. The quantitative estimate of drug-likeness (QED) is 0.552. The molecule has 0 fully saturated rings. The number of aryl methyl sites for hydroxylation is 1. The minimum Gasteiger partial charge on any atom is -0.479 e. The standard InChI is InChI=1S/C21H21BrN4O4/c1-12(21(28)29)30-19-10-16(25(3)4)7-5-14(19)11-23-26-13(2)24-18-8-6-15(22)9-17(18)20(26)27/h5-12H,1-4H3,(H,28,29)/t12-/m1/s1. The Hall–Kier alpha value is -3.20. The lowest BCUT2D eigenvalue weighted by Crippen LogP contribution is -2.24. The van der Waals surface area contributed by atoms with E-state index in [0.717, 1.165) is 10.2 Å². The van der Waals surface area contributed by atoms with E-state index in [1.54, 1.807) is 31.2 Å². The van der Waals surface area contributed by atoms with Gasteiger partial charge in [0.25, 0.3) is 5.56 Å². The Morgan fingerprint density at radius 1 is 1.30 bits per heavy atom. The van der Waals surface area contributed by atoms with E-state index in [0.29, 0.717) is 28.0 Å². The highest BCUT2D eigenvalue weighted by Gasteiger charge is 2.16. The molecule has 3 aromatic rings. The second kappa shape index (κ2) is 8.66. The number of aliphatic carboxylic acids is 1. The summed E-state index contributed by atoms with van der Waals surface area (Å²) in [5, 5.41) is 13.9. The summed E-state index contributed by atoms with van der Waals surface area (Å²) in [5.41, 5.74) is 1.66. The van der Waals surface area contributed by atoms with Gasteiger partial charge < -0.3 is 14.7 Å². The van der Waals surface area contributed by atoms with Crippen LogP contribution in [0.2, 0.25) is 0 Å². The third-order valence-corrected chi connectivity index (χ3v) is 4.94. The van der Waals surface area contributed by atoms with Crippen LogP contribution in [0.4, 0.5) is 5.69 Å². The van der Waals surface area contributed by atoms with Gasteiger partial charge in [-0.3, -0.25) is 4.79 Å². The van der Waals surface area contributed by atoms with Gasteiger partial charge in [-0.2, -0.15) is 9.78 Å². The van der Waals surface area contributed by atoms with E-state index in [-0.39, 0.29) is 5.56 Å². The number of hydrogen-bond donors (Lipinski definition) is 1. The van der Waals surface area contributed by atoms with E-state index < -0.39 is 12.1 Å². The van der Waals surface area contributed by atoms with E-state index in [9.17, 15) is 14.7 Å². The van der Waals surface area contributed by atoms with Crippen molar-refractivity contribution in [3.8, 4) is 5.75 Å². The topological polar surface area (TPSA) is 97.0 Å². The first-order valence-corrected chi connectivity index (χ1v) is 9.91. The molecular formula is C21H21BrN4O4. The Kier molecular flexibility index (Phi) is 6.21. The number of fused-ring (bicyclic) bond motifs is 1. The van der Waals surface area contributed by atoms with Gasteiger partial charge in [-0.15, -0.1) is 0 Å². The molecule has 9 heteroatoms. The van der Waals surface area contributed by atoms with Crippen LogP contribution in [0.3, 0.4) is 0 Å². The first-order chi connectivity index (χ1) is 14.2. The molecule has 156 valence electrons. The fourth-order valence-electron chi connectivity index (χ4n) is 2.77. The number of aromatic nitrogens is 2. The van der Waals surface area contributed by atoms with Crippen LogP contribution in [0.25, 0.3) is 10.9 Å². The zero-order chi connectivity index (χ0) is 22.0. The summed E-state index contributed by atoms with van der Waals surface area (Å²) < 4.78 is 7.58. The van der Waals surface area contributed by atoms with Crippen molar-refractivity contribution in [2.24, 2.45) is 5.10 Å². The summed E-state index contributed by atoms with van der Waals surface area (Å²) in [5.74, 6) is -0.302. The fourth-order valence-corrected chi connectivity index (χ4v) is 3.13. The molecule has 8 nitrogen and oxygen atoms in total. The summed E-state index contributed by atoms with van der Waals surface area (Å²) >= 11 is 3.36. The fraction of sp³-hybridized carbons (Fsp3) is 0.238. The van der Waals surface area contributed by atoms with E-state index in [1.165, 1.54) is 17.8 Å². The molecule has 0 spiro atoms. The molecule has 0 bridgehead atoms. The molecule has 0 radical (unpaired) electrons. The molecule has 1 heterocycles. The monoisotopic (exact) mass is 472 g/mol. The number of benzene rings is 2. The minimum atomic E-state index is -1.08. The lowest BCUT2D eigenvalue weighted by Gasteiger charge is -2.17. The van der Waals surface area contributed by atoms with Gasteiger partial charge in [0, 0.05) is 35.9 Å². The van der Waals surface area contributed by atoms with Crippen LogP contribution in [0, 0.1) is 6.92 Å². The van der Waals surface area contributed by atoms with Gasteiger partial charge in [0.2, 0.25) is 0 Å². The Morgan fingerprint density at radius 3 is 2.70 bits per heavy atom. The SMILES string of the molecule is Cc1nc2ccc(Br)cc2c(=O)n1N=Cc1ccc(N(C)C)cc1O[C@H](C)C(=O)O. The van der Waals surface area contributed by atoms with Crippen molar-refractivity contribution in [3.05, 3.63) is 62.6 Å². The minimum absolute atomic E-state index is 0.304. The number of hydrogen-bond acceptors (Lipinski definition) is 6. The first-order valence-electron chi connectivity index (χ1n) is 9.11. The van der Waals surface area contributed by atoms with Crippen molar-refractivity contribution >= 4 is 44.7 Å². The third-order valence-electron chi connectivity index (χ3n) is 4.45. The maximum absolute atomic E-state index is 12.9. The molecular weight excluding hydrogens is 452 g/mol. The molecule has 0 unspecified atom stereocenters. The molecule has 0 aliphatic heterocycles. The lowest BCUT2D eigenvalue weighted by atomic mass is 10.2. The van der Waals surface area contributed by atoms with Crippen molar-refractivity contribution in [2.75, 3.05) is 19.0 Å². The number of carbonyl (C=O) groups is 1. The highest BCUT2D eigenvalue weighted by atomic mass is 79.9. The van der Waals surface area contributed by atoms with Crippen molar-refractivity contribution < 1.29 is 14.6 Å². The highest BCUT2D eigenvalue weighted by molar-refractivity contribution is 9.10. The molecule has 0 amide bonds. The first kappa shape index (κ1) is 21.5. The average Bonchev–Trinajstić information content (AvgIpc) is 2.69. The number of carboxylic acid groups (broad SMARTS) is 1. The van der Waals surface area contributed by atoms with Crippen molar-refractivity contribution in [2.45, 2.75) is 20.0 Å². The molecule has 0 saturated carbocycles. The van der Waals surface area contributed by atoms with Gasteiger partial charge in [0.1, 0.15) is 11.6 Å². The summed E-state index contributed by atoms with van der Waals surface area (Å²) in [6.07, 6.45) is 0.419. The Bertz CT molecular complexity index is 1200. The second-order valence-electron chi connectivity index (χ2n) is 6.90. The van der Waals surface area contributed by atoms with Crippen LogP contribution in [-0.4, -0.2) is 47.1 Å². The zero-order valence-corrected chi connectivity index (χ0v) is 18.5. The second-order valence-corrected chi connectivity index (χ2v) is 7.81. The number of carboxylic acids is 1. The summed E-state index contributed by atoms with van der Waals surface area (Å²) in [7, 11) is 3.74.